The third kappa shape index (κ3) is 2.54. The lowest BCUT2D eigenvalue weighted by atomic mass is 10.0. The molecule has 0 saturated carbocycles. The van der Waals surface area contributed by atoms with Crippen molar-refractivity contribution in [2.24, 2.45) is 0 Å². The molecular formula is C13H21N3. The van der Waals surface area contributed by atoms with Crippen molar-refractivity contribution in [1.82, 2.24) is 10.2 Å². The van der Waals surface area contributed by atoms with Crippen LogP contribution in [0.2, 0.25) is 0 Å². The molecule has 0 atom stereocenters. The molecular weight excluding hydrogens is 198 g/mol. The second-order valence-electron chi connectivity index (χ2n) is 4.37. The first kappa shape index (κ1) is 11.4. The zero-order chi connectivity index (χ0) is 11.4. The largest absolute Gasteiger partial charge is 0.398 e. The molecule has 0 spiro atoms. The molecule has 0 amide bonds. The number of piperazine rings is 1. The van der Waals surface area contributed by atoms with Gasteiger partial charge in [-0.15, -0.1) is 0 Å². The Hall–Kier alpha value is -1.06. The molecule has 0 aliphatic carbocycles. The van der Waals surface area contributed by atoms with Crippen molar-refractivity contribution in [3.63, 3.8) is 0 Å². The Kier molecular flexibility index (Phi) is 3.80. The van der Waals surface area contributed by atoms with E-state index >= 15 is 0 Å². The van der Waals surface area contributed by atoms with E-state index in [-0.39, 0.29) is 0 Å². The van der Waals surface area contributed by atoms with Crippen molar-refractivity contribution < 1.29 is 0 Å². The van der Waals surface area contributed by atoms with Gasteiger partial charge in [-0.3, -0.25) is 4.90 Å². The first-order chi connectivity index (χ1) is 7.81. The van der Waals surface area contributed by atoms with E-state index < -0.39 is 0 Å². The maximum absolute atomic E-state index is 6.17. The first-order valence-corrected chi connectivity index (χ1v) is 6.10. The van der Waals surface area contributed by atoms with Crippen molar-refractivity contribution in [2.45, 2.75) is 19.9 Å². The van der Waals surface area contributed by atoms with Crippen LogP contribution in [0.4, 0.5) is 5.69 Å². The van der Waals surface area contributed by atoms with E-state index in [1.807, 2.05) is 0 Å². The van der Waals surface area contributed by atoms with Crippen molar-refractivity contribution in [3.05, 3.63) is 29.3 Å². The van der Waals surface area contributed by atoms with Crippen LogP contribution in [0.5, 0.6) is 0 Å². The highest BCUT2D eigenvalue weighted by Crippen LogP contribution is 2.19. The van der Waals surface area contributed by atoms with Crippen LogP contribution < -0.4 is 11.1 Å². The van der Waals surface area contributed by atoms with Gasteiger partial charge in [0.15, 0.2) is 0 Å². The normalized spacial score (nSPS) is 17.6. The number of nitrogens with two attached hydrogens (primary N) is 1. The fourth-order valence-electron chi connectivity index (χ4n) is 2.22. The van der Waals surface area contributed by atoms with E-state index in [4.69, 9.17) is 5.73 Å². The summed E-state index contributed by atoms with van der Waals surface area (Å²) in [6, 6.07) is 6.39. The van der Waals surface area contributed by atoms with Crippen LogP contribution in [0.15, 0.2) is 18.2 Å². The molecule has 16 heavy (non-hydrogen) atoms. The molecule has 1 aromatic rings. The highest BCUT2D eigenvalue weighted by Gasteiger charge is 2.12. The molecule has 3 heteroatoms. The van der Waals surface area contributed by atoms with Crippen LogP contribution in [0.3, 0.4) is 0 Å². The Balaban J connectivity index is 2.08. The van der Waals surface area contributed by atoms with Crippen LogP contribution in [-0.4, -0.2) is 31.1 Å². The molecule has 0 radical (unpaired) electrons. The number of hydrogen-bond acceptors (Lipinski definition) is 3. The van der Waals surface area contributed by atoms with E-state index in [0.717, 1.165) is 44.8 Å². The van der Waals surface area contributed by atoms with Gasteiger partial charge in [-0.25, -0.2) is 0 Å². The van der Waals surface area contributed by atoms with E-state index in [0.29, 0.717) is 0 Å². The summed E-state index contributed by atoms with van der Waals surface area (Å²) in [5.74, 6) is 0. The molecule has 1 fully saturated rings. The number of hydrogen-bond donors (Lipinski definition) is 2. The van der Waals surface area contributed by atoms with Gasteiger partial charge in [0.2, 0.25) is 0 Å². The summed E-state index contributed by atoms with van der Waals surface area (Å²) in [5, 5.41) is 3.36. The number of nitrogens with one attached hydrogen (secondary N) is 1. The standard InChI is InChI=1S/C13H21N3/c1-2-11-4-3-5-12(13(11)14)10-16-8-6-15-7-9-16/h3-5,15H,2,6-10,14H2,1H3. The van der Waals surface area contributed by atoms with Gasteiger partial charge < -0.3 is 11.1 Å². The van der Waals surface area contributed by atoms with Crippen LogP contribution in [0.25, 0.3) is 0 Å². The second-order valence-corrected chi connectivity index (χ2v) is 4.37. The Morgan fingerprint density at radius 3 is 2.62 bits per heavy atom. The molecule has 0 bridgehead atoms. The van der Waals surface area contributed by atoms with Crippen LogP contribution in [0.1, 0.15) is 18.1 Å². The second kappa shape index (κ2) is 5.32. The van der Waals surface area contributed by atoms with Gasteiger partial charge in [-0.05, 0) is 17.5 Å². The highest BCUT2D eigenvalue weighted by molar-refractivity contribution is 5.53. The topological polar surface area (TPSA) is 41.3 Å². The Bertz CT molecular complexity index is 343. The molecule has 1 saturated heterocycles. The number of benzene rings is 1. The average molecular weight is 219 g/mol. The Labute approximate surface area is 97.6 Å². The van der Waals surface area contributed by atoms with Crippen LogP contribution in [-0.2, 0) is 13.0 Å². The number of para-hydroxylation sites is 1. The Morgan fingerprint density at radius 2 is 1.94 bits per heavy atom. The number of nitrogens with zero attached hydrogens (tertiary/aromatic N) is 1. The third-order valence-electron chi connectivity index (χ3n) is 3.27. The molecule has 1 aliphatic rings. The molecule has 88 valence electrons. The van der Waals surface area contributed by atoms with E-state index in [1.165, 1.54) is 11.1 Å². The minimum atomic E-state index is 0.987. The minimum Gasteiger partial charge on any atom is -0.398 e. The molecule has 1 aliphatic heterocycles. The van der Waals surface area contributed by atoms with Crippen molar-refractivity contribution in [3.8, 4) is 0 Å². The SMILES string of the molecule is CCc1cccc(CN2CCNCC2)c1N. The molecule has 2 rings (SSSR count). The summed E-state index contributed by atoms with van der Waals surface area (Å²) in [4.78, 5) is 2.46. The van der Waals surface area contributed by atoms with Crippen molar-refractivity contribution >= 4 is 5.69 Å². The lowest BCUT2D eigenvalue weighted by Gasteiger charge is -2.27. The van der Waals surface area contributed by atoms with Gasteiger partial charge in [0.1, 0.15) is 0 Å². The monoisotopic (exact) mass is 219 g/mol. The maximum atomic E-state index is 6.17. The first-order valence-electron chi connectivity index (χ1n) is 6.10. The minimum absolute atomic E-state index is 0.987. The van der Waals surface area contributed by atoms with E-state index in [2.05, 4.69) is 35.3 Å². The fraction of sp³-hybridized carbons (Fsp3) is 0.538. The zero-order valence-corrected chi connectivity index (χ0v) is 10.00. The van der Waals surface area contributed by atoms with Crippen LogP contribution >= 0.6 is 0 Å². The summed E-state index contributed by atoms with van der Waals surface area (Å²) in [6.45, 7) is 7.56. The van der Waals surface area contributed by atoms with Crippen molar-refractivity contribution in [1.29, 1.82) is 0 Å². The van der Waals surface area contributed by atoms with Gasteiger partial charge >= 0.3 is 0 Å². The lowest BCUT2D eigenvalue weighted by molar-refractivity contribution is 0.233. The summed E-state index contributed by atoms with van der Waals surface area (Å²) < 4.78 is 0. The third-order valence-corrected chi connectivity index (χ3v) is 3.27. The van der Waals surface area contributed by atoms with Gasteiger partial charge in [0.05, 0.1) is 0 Å². The predicted octanol–water partition coefficient (Wildman–Crippen LogP) is 1.24. The summed E-state index contributed by atoms with van der Waals surface area (Å²) in [6.07, 6.45) is 1.02. The molecule has 1 heterocycles. The predicted molar refractivity (Wildman–Crippen MR) is 68.4 cm³/mol. The summed E-state index contributed by atoms with van der Waals surface area (Å²) >= 11 is 0. The quantitative estimate of drug-likeness (QED) is 0.751. The molecule has 3 N–H and O–H groups in total. The number of anilines is 1. The number of rotatable bonds is 3. The maximum Gasteiger partial charge on any atom is 0.0392 e. The Morgan fingerprint density at radius 1 is 1.25 bits per heavy atom. The number of nitrogen functional groups attached to an aromatic ring is 1. The van der Waals surface area contributed by atoms with Gasteiger partial charge in [-0.1, -0.05) is 25.1 Å². The molecule has 0 aromatic heterocycles. The van der Waals surface area contributed by atoms with E-state index in [9.17, 15) is 0 Å². The van der Waals surface area contributed by atoms with Crippen LogP contribution in [0, 0.1) is 0 Å². The van der Waals surface area contributed by atoms with Gasteiger partial charge in [0, 0.05) is 38.4 Å². The molecule has 1 aromatic carbocycles. The zero-order valence-electron chi connectivity index (χ0n) is 10.00. The van der Waals surface area contributed by atoms with E-state index in [1.54, 1.807) is 0 Å². The van der Waals surface area contributed by atoms with Gasteiger partial charge in [-0.2, -0.15) is 0 Å². The fourth-order valence-corrected chi connectivity index (χ4v) is 2.22. The lowest BCUT2D eigenvalue weighted by Crippen LogP contribution is -2.43. The molecule has 0 unspecified atom stereocenters. The highest BCUT2D eigenvalue weighted by atomic mass is 15.2. The summed E-state index contributed by atoms with van der Waals surface area (Å²) in [5.41, 5.74) is 9.71. The number of aryl methyl sites for hydroxylation is 1. The average Bonchev–Trinajstić information content (AvgIpc) is 2.33. The molecule has 3 nitrogen and oxygen atoms in total. The smallest absolute Gasteiger partial charge is 0.0392 e. The summed E-state index contributed by atoms with van der Waals surface area (Å²) in [7, 11) is 0. The van der Waals surface area contributed by atoms with Crippen molar-refractivity contribution in [2.75, 3.05) is 31.9 Å². The van der Waals surface area contributed by atoms with Gasteiger partial charge in [0.25, 0.3) is 0 Å².